The normalized spacial score (nSPS) is 11.5. The van der Waals surface area contributed by atoms with Gasteiger partial charge in [-0.3, -0.25) is 0 Å². The first-order valence-corrected chi connectivity index (χ1v) is 15.7. The predicted octanol–water partition coefficient (Wildman–Crippen LogP) is 12.2. The second-order valence-corrected chi connectivity index (χ2v) is 11.9. The summed E-state index contributed by atoms with van der Waals surface area (Å²) in [6.45, 7) is 0. The van der Waals surface area contributed by atoms with Gasteiger partial charge in [0, 0.05) is 5.39 Å². The number of hydrogen-bond acceptors (Lipinski definition) is 1. The van der Waals surface area contributed by atoms with Crippen molar-refractivity contribution in [2.75, 3.05) is 0 Å². The van der Waals surface area contributed by atoms with Gasteiger partial charge in [0.15, 0.2) is 0 Å². The minimum absolute atomic E-state index is 0.699. The van der Waals surface area contributed by atoms with Crippen molar-refractivity contribution < 1.29 is 0 Å². The Balaban J connectivity index is 1.43. The van der Waals surface area contributed by atoms with Crippen LogP contribution in [0.1, 0.15) is 5.56 Å². The van der Waals surface area contributed by atoms with Crippen LogP contribution in [0.4, 0.5) is 0 Å². The summed E-state index contributed by atoms with van der Waals surface area (Å²) in [5, 5.41) is 14.4. The molecule has 0 saturated carbocycles. The molecular weight excluding hydrogens is 555 g/mol. The Bertz CT molecular complexity index is 2500. The van der Waals surface area contributed by atoms with Crippen molar-refractivity contribution in [3.63, 3.8) is 0 Å². The van der Waals surface area contributed by atoms with Crippen LogP contribution >= 0.6 is 0 Å². The van der Waals surface area contributed by atoms with E-state index in [1.54, 1.807) is 0 Å². The van der Waals surface area contributed by atoms with Gasteiger partial charge in [-0.15, -0.1) is 0 Å². The third-order valence-electron chi connectivity index (χ3n) is 9.43. The molecule has 8 aromatic carbocycles. The van der Waals surface area contributed by atoms with E-state index in [1.807, 2.05) is 12.1 Å². The second kappa shape index (κ2) is 10.4. The molecule has 0 saturated heterocycles. The minimum atomic E-state index is 0.699. The van der Waals surface area contributed by atoms with E-state index in [2.05, 4.69) is 158 Å². The molecule has 9 rings (SSSR count). The van der Waals surface area contributed by atoms with Crippen molar-refractivity contribution in [3.8, 4) is 72.8 Å². The predicted molar refractivity (Wildman–Crippen MR) is 192 cm³/mol. The molecule has 0 amide bonds. The second-order valence-electron chi connectivity index (χ2n) is 11.9. The Morgan fingerprint density at radius 3 is 1.63 bits per heavy atom. The topological polar surface area (TPSA) is 23.8 Å². The number of nitriles is 1. The number of fused-ring (bicyclic) bond motifs is 4. The molecule has 0 spiro atoms. The Morgan fingerprint density at radius 2 is 0.957 bits per heavy atom. The van der Waals surface area contributed by atoms with Crippen molar-refractivity contribution in [2.45, 2.75) is 0 Å². The zero-order chi connectivity index (χ0) is 30.6. The lowest BCUT2D eigenvalue weighted by molar-refractivity contribution is 1.50. The zero-order valence-electron chi connectivity index (χ0n) is 25.0. The van der Waals surface area contributed by atoms with Crippen molar-refractivity contribution in [1.82, 2.24) is 0 Å². The summed E-state index contributed by atoms with van der Waals surface area (Å²) in [6, 6.07) is 61.0. The maximum absolute atomic E-state index is 9.85. The molecule has 0 N–H and O–H groups in total. The average Bonchev–Trinajstić information content (AvgIpc) is 3.46. The molecule has 1 aliphatic carbocycles. The van der Waals surface area contributed by atoms with Gasteiger partial charge in [-0.2, -0.15) is 5.26 Å². The first-order valence-electron chi connectivity index (χ1n) is 15.7. The molecule has 0 unspecified atom stereocenters. The SMILES string of the molecule is N#Cc1ccc(-c2cc3c4c(cccc4c2)-c2c(-c4ccccc4)c(-c4ccccc4)cc(-c4ccccc4)c2-3)c2ccccc12. The maximum atomic E-state index is 9.85. The van der Waals surface area contributed by atoms with Crippen molar-refractivity contribution in [3.05, 3.63) is 169 Å². The van der Waals surface area contributed by atoms with Crippen LogP contribution in [0.25, 0.3) is 88.3 Å². The summed E-state index contributed by atoms with van der Waals surface area (Å²) >= 11 is 0. The van der Waals surface area contributed by atoms with Gasteiger partial charge >= 0.3 is 0 Å². The summed E-state index contributed by atoms with van der Waals surface area (Å²) in [5.74, 6) is 0. The number of benzene rings is 8. The summed E-state index contributed by atoms with van der Waals surface area (Å²) in [4.78, 5) is 0. The van der Waals surface area contributed by atoms with Gasteiger partial charge in [0.2, 0.25) is 0 Å². The van der Waals surface area contributed by atoms with Crippen LogP contribution in [-0.4, -0.2) is 0 Å². The standard InChI is InChI=1S/C45H27N/c46-28-33-23-24-36(37-21-11-10-20-35(33)37)34-25-32-19-12-22-38-42(32)41(26-34)44-40(30-15-6-2-7-16-30)27-39(29-13-4-1-5-14-29)43(45(38)44)31-17-8-3-9-18-31/h1-27H. The van der Waals surface area contributed by atoms with Crippen LogP contribution in [0.15, 0.2) is 164 Å². The van der Waals surface area contributed by atoms with E-state index >= 15 is 0 Å². The average molecular weight is 582 g/mol. The number of nitrogens with zero attached hydrogens (tertiary/aromatic N) is 1. The molecule has 0 aliphatic heterocycles. The van der Waals surface area contributed by atoms with Crippen LogP contribution in [0, 0.1) is 11.3 Å². The van der Waals surface area contributed by atoms with E-state index in [0.717, 1.165) is 21.9 Å². The number of hydrogen-bond donors (Lipinski definition) is 0. The molecule has 0 atom stereocenters. The molecule has 0 bridgehead atoms. The Morgan fingerprint density at radius 1 is 0.348 bits per heavy atom. The highest BCUT2D eigenvalue weighted by Gasteiger charge is 2.30. The first kappa shape index (κ1) is 26.2. The first-order chi connectivity index (χ1) is 22.8. The van der Waals surface area contributed by atoms with E-state index < -0.39 is 0 Å². The molecule has 1 aliphatic rings. The van der Waals surface area contributed by atoms with Crippen LogP contribution < -0.4 is 0 Å². The lowest BCUT2D eigenvalue weighted by atomic mass is 9.82. The van der Waals surface area contributed by atoms with Crippen LogP contribution in [0.3, 0.4) is 0 Å². The monoisotopic (exact) mass is 581 g/mol. The minimum Gasteiger partial charge on any atom is -0.192 e. The fraction of sp³-hybridized carbons (Fsp3) is 0. The van der Waals surface area contributed by atoms with E-state index in [1.165, 1.54) is 66.4 Å². The van der Waals surface area contributed by atoms with Crippen LogP contribution in [0.5, 0.6) is 0 Å². The fourth-order valence-electron chi connectivity index (χ4n) is 7.46. The summed E-state index contributed by atoms with van der Waals surface area (Å²) < 4.78 is 0. The molecule has 8 aromatic rings. The maximum Gasteiger partial charge on any atom is 0.0998 e. The number of rotatable bonds is 4. The smallest absolute Gasteiger partial charge is 0.0998 e. The van der Waals surface area contributed by atoms with Gasteiger partial charge in [-0.05, 0) is 107 Å². The molecule has 1 nitrogen and oxygen atoms in total. The Kier molecular flexibility index (Phi) is 5.95. The highest BCUT2D eigenvalue weighted by atomic mass is 14.3. The van der Waals surface area contributed by atoms with Crippen molar-refractivity contribution >= 4 is 21.5 Å². The van der Waals surface area contributed by atoms with Gasteiger partial charge in [0.1, 0.15) is 0 Å². The van der Waals surface area contributed by atoms with Crippen LogP contribution in [0.2, 0.25) is 0 Å². The van der Waals surface area contributed by atoms with Gasteiger partial charge in [0.25, 0.3) is 0 Å². The fourth-order valence-corrected chi connectivity index (χ4v) is 7.46. The molecule has 0 heterocycles. The zero-order valence-corrected chi connectivity index (χ0v) is 25.0. The van der Waals surface area contributed by atoms with Gasteiger partial charge in [0.05, 0.1) is 11.6 Å². The van der Waals surface area contributed by atoms with Gasteiger partial charge in [-0.25, -0.2) is 0 Å². The Labute approximate surface area is 268 Å². The van der Waals surface area contributed by atoms with Crippen molar-refractivity contribution in [1.29, 1.82) is 5.26 Å². The molecule has 1 heteroatoms. The molecule has 212 valence electrons. The summed E-state index contributed by atoms with van der Waals surface area (Å²) in [6.07, 6.45) is 0. The largest absolute Gasteiger partial charge is 0.192 e. The summed E-state index contributed by atoms with van der Waals surface area (Å²) in [7, 11) is 0. The highest BCUT2D eigenvalue weighted by Crippen LogP contribution is 2.58. The van der Waals surface area contributed by atoms with Crippen molar-refractivity contribution in [2.24, 2.45) is 0 Å². The van der Waals surface area contributed by atoms with E-state index in [4.69, 9.17) is 0 Å². The molecule has 0 radical (unpaired) electrons. The van der Waals surface area contributed by atoms with Gasteiger partial charge < -0.3 is 0 Å². The lowest BCUT2D eigenvalue weighted by Gasteiger charge is -2.21. The van der Waals surface area contributed by atoms with E-state index in [9.17, 15) is 5.26 Å². The quantitative estimate of drug-likeness (QED) is 0.203. The van der Waals surface area contributed by atoms with E-state index in [0.29, 0.717) is 5.56 Å². The molecular formula is C45H27N. The van der Waals surface area contributed by atoms with Crippen LogP contribution in [-0.2, 0) is 0 Å². The molecule has 0 fully saturated rings. The Hall–Kier alpha value is -6.23. The van der Waals surface area contributed by atoms with Gasteiger partial charge in [-0.1, -0.05) is 140 Å². The molecule has 0 aromatic heterocycles. The third-order valence-corrected chi connectivity index (χ3v) is 9.43. The highest BCUT2D eigenvalue weighted by molar-refractivity contribution is 6.24. The third kappa shape index (κ3) is 3.95. The molecule has 46 heavy (non-hydrogen) atoms. The lowest BCUT2D eigenvalue weighted by Crippen LogP contribution is -1.94. The summed E-state index contributed by atoms with van der Waals surface area (Å²) in [5.41, 5.74) is 15.4. The van der Waals surface area contributed by atoms with E-state index in [-0.39, 0.29) is 0 Å².